The second kappa shape index (κ2) is 6.76. The van der Waals surface area contributed by atoms with Crippen LogP contribution in [0.4, 0.5) is 13.2 Å². The van der Waals surface area contributed by atoms with Crippen LogP contribution in [-0.4, -0.2) is 66.8 Å². The first-order valence-electron chi connectivity index (χ1n) is 6.85. The van der Waals surface area contributed by atoms with Crippen LogP contribution in [0.2, 0.25) is 0 Å². The summed E-state index contributed by atoms with van der Waals surface area (Å²) in [5, 5.41) is 9.41. The van der Waals surface area contributed by atoms with Gasteiger partial charge in [-0.2, -0.15) is 13.2 Å². The zero-order chi connectivity index (χ0) is 15.4. The zero-order valence-corrected chi connectivity index (χ0v) is 12.0. The van der Waals surface area contributed by atoms with E-state index >= 15 is 0 Å². The van der Waals surface area contributed by atoms with Crippen molar-refractivity contribution >= 4 is 5.91 Å². The van der Waals surface area contributed by atoms with Crippen LogP contribution in [0, 0.1) is 5.41 Å². The third-order valence-electron chi connectivity index (χ3n) is 4.20. The molecule has 7 heteroatoms. The number of likely N-dealkylation sites (N-methyl/N-ethyl adjacent to an activating group) is 1. The van der Waals surface area contributed by atoms with Crippen molar-refractivity contribution in [3.8, 4) is 0 Å². The molecule has 0 bridgehead atoms. The second-order valence-electron chi connectivity index (χ2n) is 5.65. The van der Waals surface area contributed by atoms with E-state index in [2.05, 4.69) is 0 Å². The Hall–Kier alpha value is -0.820. The summed E-state index contributed by atoms with van der Waals surface area (Å²) in [4.78, 5) is 14.3. The Labute approximate surface area is 117 Å². The van der Waals surface area contributed by atoms with Crippen molar-refractivity contribution in [2.75, 3.05) is 39.8 Å². The van der Waals surface area contributed by atoms with Gasteiger partial charge in [-0.15, -0.1) is 0 Å². The van der Waals surface area contributed by atoms with E-state index in [-0.39, 0.29) is 18.6 Å². The Bertz CT molecular complexity index is 320. The van der Waals surface area contributed by atoms with Crippen molar-refractivity contribution in [3.05, 3.63) is 0 Å². The standard InChI is InChI=1S/C13H23F3N2O2/c1-3-12(10-19)4-6-18(7-5-12)8-11(20)17(2)9-13(14,15)16/h19H,3-10H2,1-2H3. The van der Waals surface area contributed by atoms with E-state index in [1.807, 2.05) is 11.8 Å². The van der Waals surface area contributed by atoms with Crippen LogP contribution in [-0.2, 0) is 4.79 Å². The highest BCUT2D eigenvalue weighted by Gasteiger charge is 2.34. The number of halogens is 3. The van der Waals surface area contributed by atoms with Gasteiger partial charge in [-0.05, 0) is 37.8 Å². The SMILES string of the molecule is CCC1(CO)CCN(CC(=O)N(C)CC(F)(F)F)CC1. The third-order valence-corrected chi connectivity index (χ3v) is 4.20. The molecule has 1 heterocycles. The molecule has 1 saturated heterocycles. The second-order valence-corrected chi connectivity index (χ2v) is 5.65. The molecule has 4 nitrogen and oxygen atoms in total. The summed E-state index contributed by atoms with van der Waals surface area (Å²) in [6.45, 7) is 2.22. The van der Waals surface area contributed by atoms with Crippen LogP contribution >= 0.6 is 0 Å². The lowest BCUT2D eigenvalue weighted by Crippen LogP contribution is -2.47. The Balaban J connectivity index is 2.42. The number of amides is 1. The molecule has 0 aromatic heterocycles. The predicted molar refractivity (Wildman–Crippen MR) is 69.2 cm³/mol. The first kappa shape index (κ1) is 17.2. The predicted octanol–water partition coefficient (Wildman–Crippen LogP) is 1.49. The monoisotopic (exact) mass is 296 g/mol. The molecule has 1 aliphatic heterocycles. The minimum Gasteiger partial charge on any atom is -0.396 e. The van der Waals surface area contributed by atoms with Crippen molar-refractivity contribution in [3.63, 3.8) is 0 Å². The van der Waals surface area contributed by atoms with Gasteiger partial charge in [0.05, 0.1) is 6.54 Å². The van der Waals surface area contributed by atoms with Gasteiger partial charge in [0, 0.05) is 13.7 Å². The fraction of sp³-hybridized carbons (Fsp3) is 0.923. The molecule has 0 spiro atoms. The fourth-order valence-corrected chi connectivity index (χ4v) is 2.48. The summed E-state index contributed by atoms with van der Waals surface area (Å²) in [5.74, 6) is -0.518. The van der Waals surface area contributed by atoms with Gasteiger partial charge in [-0.1, -0.05) is 6.92 Å². The van der Waals surface area contributed by atoms with Crippen LogP contribution in [0.5, 0.6) is 0 Å². The minimum absolute atomic E-state index is 0.0117. The normalized spacial score (nSPS) is 19.9. The Morgan fingerprint density at radius 3 is 2.30 bits per heavy atom. The van der Waals surface area contributed by atoms with Crippen LogP contribution in [0.25, 0.3) is 0 Å². The van der Waals surface area contributed by atoms with Gasteiger partial charge >= 0.3 is 6.18 Å². The smallest absolute Gasteiger partial charge is 0.396 e. The van der Waals surface area contributed by atoms with Gasteiger partial charge in [-0.3, -0.25) is 9.69 Å². The summed E-state index contributed by atoms with van der Waals surface area (Å²) in [6, 6.07) is 0. The van der Waals surface area contributed by atoms with E-state index in [9.17, 15) is 23.1 Å². The molecule has 0 saturated carbocycles. The van der Waals surface area contributed by atoms with Crippen LogP contribution < -0.4 is 0 Å². The number of hydrogen-bond donors (Lipinski definition) is 1. The minimum atomic E-state index is -4.36. The fourth-order valence-electron chi connectivity index (χ4n) is 2.48. The van der Waals surface area contributed by atoms with Crippen molar-refractivity contribution < 1.29 is 23.1 Å². The molecule has 0 atom stereocenters. The Morgan fingerprint density at radius 2 is 1.90 bits per heavy atom. The summed E-state index contributed by atoms with van der Waals surface area (Å²) >= 11 is 0. The van der Waals surface area contributed by atoms with Crippen LogP contribution in [0.3, 0.4) is 0 Å². The van der Waals surface area contributed by atoms with E-state index in [0.717, 1.165) is 19.3 Å². The number of alkyl halides is 3. The molecular weight excluding hydrogens is 273 g/mol. The van der Waals surface area contributed by atoms with Crippen LogP contribution in [0.15, 0.2) is 0 Å². The molecule has 1 aliphatic rings. The maximum atomic E-state index is 12.2. The van der Waals surface area contributed by atoms with Gasteiger partial charge in [0.2, 0.25) is 5.91 Å². The first-order valence-corrected chi connectivity index (χ1v) is 6.85. The molecule has 0 radical (unpaired) electrons. The Morgan fingerprint density at radius 1 is 1.35 bits per heavy atom. The number of hydrogen-bond acceptors (Lipinski definition) is 3. The lowest BCUT2D eigenvalue weighted by atomic mass is 9.77. The lowest BCUT2D eigenvalue weighted by Gasteiger charge is -2.40. The number of piperidine rings is 1. The van der Waals surface area contributed by atoms with E-state index in [1.165, 1.54) is 7.05 Å². The molecule has 1 N–H and O–H groups in total. The Kier molecular flexibility index (Phi) is 5.82. The average Bonchev–Trinajstić information content (AvgIpc) is 2.38. The third kappa shape index (κ3) is 4.94. The largest absolute Gasteiger partial charge is 0.406 e. The van der Waals surface area contributed by atoms with Crippen molar-refractivity contribution in [1.29, 1.82) is 0 Å². The highest BCUT2D eigenvalue weighted by atomic mass is 19.4. The van der Waals surface area contributed by atoms with Gasteiger partial charge in [0.1, 0.15) is 6.54 Å². The van der Waals surface area contributed by atoms with E-state index < -0.39 is 18.6 Å². The maximum Gasteiger partial charge on any atom is 0.406 e. The van der Waals surface area contributed by atoms with Crippen molar-refractivity contribution in [1.82, 2.24) is 9.80 Å². The molecular formula is C13H23F3N2O2. The molecule has 0 aromatic rings. The van der Waals surface area contributed by atoms with E-state index in [1.54, 1.807) is 0 Å². The first-order chi connectivity index (χ1) is 9.21. The quantitative estimate of drug-likeness (QED) is 0.836. The summed E-state index contributed by atoms with van der Waals surface area (Å²) in [7, 11) is 1.17. The molecule has 0 aliphatic carbocycles. The van der Waals surface area contributed by atoms with E-state index in [0.29, 0.717) is 18.0 Å². The van der Waals surface area contributed by atoms with Gasteiger partial charge in [0.25, 0.3) is 0 Å². The highest BCUT2D eigenvalue weighted by molar-refractivity contribution is 5.78. The number of aliphatic hydroxyl groups excluding tert-OH is 1. The number of carbonyl (C=O) groups is 1. The van der Waals surface area contributed by atoms with Gasteiger partial charge in [0.15, 0.2) is 0 Å². The van der Waals surface area contributed by atoms with Gasteiger partial charge < -0.3 is 10.0 Å². The molecule has 1 rings (SSSR count). The maximum absolute atomic E-state index is 12.2. The van der Waals surface area contributed by atoms with Crippen molar-refractivity contribution in [2.24, 2.45) is 5.41 Å². The number of carbonyl (C=O) groups excluding carboxylic acids is 1. The molecule has 1 amide bonds. The number of aliphatic hydroxyl groups is 1. The molecule has 1 fully saturated rings. The zero-order valence-electron chi connectivity index (χ0n) is 12.0. The van der Waals surface area contributed by atoms with Gasteiger partial charge in [-0.25, -0.2) is 0 Å². The van der Waals surface area contributed by atoms with E-state index in [4.69, 9.17) is 0 Å². The molecule has 20 heavy (non-hydrogen) atoms. The molecule has 0 aromatic carbocycles. The average molecular weight is 296 g/mol. The lowest BCUT2D eigenvalue weighted by molar-refractivity contribution is -0.159. The highest BCUT2D eigenvalue weighted by Crippen LogP contribution is 2.34. The number of nitrogens with zero attached hydrogens (tertiary/aromatic N) is 2. The summed E-state index contributed by atoms with van der Waals surface area (Å²) < 4.78 is 36.6. The van der Waals surface area contributed by atoms with Crippen molar-refractivity contribution in [2.45, 2.75) is 32.4 Å². The molecule has 0 unspecified atom stereocenters. The number of rotatable bonds is 5. The topological polar surface area (TPSA) is 43.8 Å². The van der Waals surface area contributed by atoms with Crippen LogP contribution in [0.1, 0.15) is 26.2 Å². The summed E-state index contributed by atoms with van der Waals surface area (Å²) in [6.07, 6.45) is -1.94. The summed E-state index contributed by atoms with van der Waals surface area (Å²) in [5.41, 5.74) is -0.0859. The number of likely N-dealkylation sites (tertiary alicyclic amines) is 1. The molecule has 118 valence electrons.